The molecule has 164 valence electrons. The van der Waals surface area contributed by atoms with Crippen LogP contribution in [0.3, 0.4) is 0 Å². The quantitative estimate of drug-likeness (QED) is 0.267. The first kappa shape index (κ1) is 24.4. The normalized spacial score (nSPS) is 11.5. The first-order valence-electron chi connectivity index (χ1n) is 9.76. The number of carbonyl (C=O) groups excluding carboxylic acids is 1. The molecule has 0 saturated carbocycles. The van der Waals surface area contributed by atoms with E-state index in [9.17, 15) is 9.59 Å². The number of carbonyl (C=O) groups is 2. The number of aliphatic carboxylic acids is 1. The summed E-state index contributed by atoms with van der Waals surface area (Å²) in [5.74, 6) is 5.07. The summed E-state index contributed by atoms with van der Waals surface area (Å²) in [5, 5.41) is 13.5. The summed E-state index contributed by atoms with van der Waals surface area (Å²) in [4.78, 5) is 23.8. The molecule has 0 aromatic heterocycles. The van der Waals surface area contributed by atoms with Gasteiger partial charge in [0, 0.05) is 21.4 Å². The van der Waals surface area contributed by atoms with Gasteiger partial charge < -0.3 is 15.4 Å². The topological polar surface area (TPSA) is 95.7 Å². The highest BCUT2D eigenvalue weighted by Crippen LogP contribution is 2.23. The van der Waals surface area contributed by atoms with Crippen molar-refractivity contribution in [3.8, 4) is 0 Å². The van der Waals surface area contributed by atoms with E-state index in [4.69, 9.17) is 10.9 Å². The van der Waals surface area contributed by atoms with Crippen LogP contribution in [-0.4, -0.2) is 22.0 Å². The van der Waals surface area contributed by atoms with E-state index in [0.29, 0.717) is 34.6 Å². The van der Waals surface area contributed by atoms with Crippen LogP contribution in [0.1, 0.15) is 47.3 Å². The van der Waals surface area contributed by atoms with E-state index in [1.165, 1.54) is 5.01 Å². The number of carboxylic acids is 1. The molecule has 2 rings (SSSR count). The summed E-state index contributed by atoms with van der Waals surface area (Å²) in [6, 6.07) is 11.2. The number of halogens is 1. The van der Waals surface area contributed by atoms with E-state index in [1.807, 2.05) is 50.2 Å². The Morgan fingerprint density at radius 3 is 2.29 bits per heavy atom. The SMILES string of the molecule is C=C(C)/C(CC(=O)O)=C(/C)N(N)Cc1ccc(NC(=O)c2cc(C)c(Br)cc2C)cc1. The monoisotopic (exact) mass is 485 g/mol. The van der Waals surface area contributed by atoms with Gasteiger partial charge in [0.15, 0.2) is 0 Å². The number of nitrogens with one attached hydrogen (secondary N) is 1. The van der Waals surface area contributed by atoms with Gasteiger partial charge in [-0.1, -0.05) is 40.2 Å². The first-order chi connectivity index (χ1) is 14.5. The lowest BCUT2D eigenvalue weighted by atomic mass is 10.0. The number of aryl methyl sites for hydroxylation is 2. The summed E-state index contributed by atoms with van der Waals surface area (Å²) in [5.41, 5.74) is 6.06. The number of anilines is 1. The molecule has 0 radical (unpaired) electrons. The molecule has 0 unspecified atom stereocenters. The molecule has 7 heteroatoms. The fourth-order valence-electron chi connectivity index (χ4n) is 3.14. The van der Waals surface area contributed by atoms with Crippen LogP contribution in [0.15, 0.2) is 64.3 Å². The second-order valence-corrected chi connectivity index (χ2v) is 8.46. The second kappa shape index (κ2) is 10.4. The van der Waals surface area contributed by atoms with E-state index < -0.39 is 5.97 Å². The highest BCUT2D eigenvalue weighted by atomic mass is 79.9. The number of amides is 1. The lowest BCUT2D eigenvalue weighted by Gasteiger charge is -2.23. The molecule has 0 heterocycles. The Morgan fingerprint density at radius 2 is 1.74 bits per heavy atom. The fourth-order valence-corrected chi connectivity index (χ4v) is 3.60. The van der Waals surface area contributed by atoms with Crippen LogP contribution in [0.25, 0.3) is 0 Å². The van der Waals surface area contributed by atoms with Crippen LogP contribution in [0.5, 0.6) is 0 Å². The molecule has 0 atom stereocenters. The average molecular weight is 486 g/mol. The lowest BCUT2D eigenvalue weighted by Crippen LogP contribution is -2.30. The number of carboxylic acid groups (broad SMARTS) is 1. The van der Waals surface area contributed by atoms with E-state index in [-0.39, 0.29) is 12.3 Å². The molecule has 2 aromatic rings. The number of nitrogens with zero attached hydrogens (tertiary/aromatic N) is 1. The van der Waals surface area contributed by atoms with Gasteiger partial charge in [0.05, 0.1) is 13.0 Å². The Balaban J connectivity index is 2.11. The number of nitrogens with two attached hydrogens (primary N) is 1. The predicted molar refractivity (Wildman–Crippen MR) is 128 cm³/mol. The number of hydrogen-bond acceptors (Lipinski definition) is 4. The average Bonchev–Trinajstić information content (AvgIpc) is 2.69. The molecule has 0 aliphatic rings. The van der Waals surface area contributed by atoms with Gasteiger partial charge in [0.2, 0.25) is 0 Å². The summed E-state index contributed by atoms with van der Waals surface area (Å²) >= 11 is 3.48. The standard InChI is InChI=1S/C24H28BrN3O3/c1-14(2)20(12-23(29)30)17(5)28(26)13-18-6-8-19(9-7-18)27-24(31)21-10-16(4)22(25)11-15(21)3/h6-11H,1,12-13,26H2,2-5H3,(H,27,31)(H,29,30)/b20-17-. The minimum absolute atomic E-state index is 0.130. The third-order valence-corrected chi connectivity index (χ3v) is 5.88. The molecule has 1 amide bonds. The van der Waals surface area contributed by atoms with Gasteiger partial charge in [-0.05, 0) is 74.2 Å². The molecule has 0 fully saturated rings. The molecule has 0 saturated heterocycles. The maximum Gasteiger partial charge on any atom is 0.307 e. The van der Waals surface area contributed by atoms with Crippen molar-refractivity contribution in [2.24, 2.45) is 5.84 Å². The molecular weight excluding hydrogens is 458 g/mol. The Labute approximate surface area is 191 Å². The molecule has 4 N–H and O–H groups in total. The summed E-state index contributed by atoms with van der Waals surface area (Å²) in [7, 11) is 0. The van der Waals surface area contributed by atoms with Gasteiger partial charge >= 0.3 is 5.97 Å². The van der Waals surface area contributed by atoms with Gasteiger partial charge in [-0.25, -0.2) is 5.84 Å². The number of rotatable bonds is 8. The maximum absolute atomic E-state index is 12.7. The summed E-state index contributed by atoms with van der Waals surface area (Å²) in [6.45, 7) is 11.6. The lowest BCUT2D eigenvalue weighted by molar-refractivity contribution is -0.136. The first-order valence-corrected chi connectivity index (χ1v) is 10.6. The van der Waals surface area contributed by atoms with Crippen LogP contribution >= 0.6 is 15.9 Å². The van der Waals surface area contributed by atoms with Crippen LogP contribution in [0.2, 0.25) is 0 Å². The fraction of sp³-hybridized carbons (Fsp3) is 0.250. The van der Waals surface area contributed by atoms with Crippen molar-refractivity contribution in [2.45, 2.75) is 40.7 Å². The highest BCUT2D eigenvalue weighted by molar-refractivity contribution is 9.10. The predicted octanol–water partition coefficient (Wildman–Crippen LogP) is 5.32. The largest absolute Gasteiger partial charge is 0.481 e. The van der Waals surface area contributed by atoms with Gasteiger partial charge in [-0.2, -0.15) is 0 Å². The summed E-state index contributed by atoms with van der Waals surface area (Å²) in [6.07, 6.45) is -0.130. The number of hydrazine groups is 1. The zero-order valence-corrected chi connectivity index (χ0v) is 19.8. The Bertz CT molecular complexity index is 1040. The van der Waals surface area contributed by atoms with Gasteiger partial charge in [0.25, 0.3) is 5.91 Å². The molecule has 2 aromatic carbocycles. The zero-order valence-electron chi connectivity index (χ0n) is 18.3. The van der Waals surface area contributed by atoms with Crippen molar-refractivity contribution in [1.29, 1.82) is 0 Å². The molecule has 0 aliphatic carbocycles. The Hall–Kier alpha value is -2.90. The van der Waals surface area contributed by atoms with Crippen LogP contribution < -0.4 is 11.2 Å². The molecule has 6 nitrogen and oxygen atoms in total. The van der Waals surface area contributed by atoms with Crippen LogP contribution in [-0.2, 0) is 11.3 Å². The van der Waals surface area contributed by atoms with Gasteiger partial charge in [-0.15, -0.1) is 0 Å². The minimum Gasteiger partial charge on any atom is -0.481 e. The number of allylic oxidation sites excluding steroid dienone is 2. The third-order valence-electron chi connectivity index (χ3n) is 5.03. The smallest absolute Gasteiger partial charge is 0.307 e. The molecule has 0 spiro atoms. The third kappa shape index (κ3) is 6.54. The Morgan fingerprint density at radius 1 is 1.13 bits per heavy atom. The number of benzene rings is 2. The second-order valence-electron chi connectivity index (χ2n) is 7.61. The summed E-state index contributed by atoms with van der Waals surface area (Å²) < 4.78 is 0.972. The van der Waals surface area contributed by atoms with Crippen molar-refractivity contribution in [1.82, 2.24) is 5.01 Å². The van der Waals surface area contributed by atoms with Crippen LogP contribution in [0, 0.1) is 13.8 Å². The van der Waals surface area contributed by atoms with E-state index in [2.05, 4.69) is 27.8 Å². The van der Waals surface area contributed by atoms with Crippen molar-refractivity contribution in [3.05, 3.63) is 86.5 Å². The van der Waals surface area contributed by atoms with Crippen molar-refractivity contribution in [2.75, 3.05) is 5.32 Å². The highest BCUT2D eigenvalue weighted by Gasteiger charge is 2.14. The molecule has 31 heavy (non-hydrogen) atoms. The molecule has 0 bridgehead atoms. The van der Waals surface area contributed by atoms with Crippen molar-refractivity contribution < 1.29 is 14.7 Å². The van der Waals surface area contributed by atoms with Crippen LogP contribution in [0.4, 0.5) is 5.69 Å². The maximum atomic E-state index is 12.7. The Kier molecular flexibility index (Phi) is 8.19. The van der Waals surface area contributed by atoms with E-state index >= 15 is 0 Å². The zero-order chi connectivity index (χ0) is 23.3. The van der Waals surface area contributed by atoms with Crippen molar-refractivity contribution >= 4 is 33.5 Å². The van der Waals surface area contributed by atoms with E-state index in [0.717, 1.165) is 21.2 Å². The molecule has 0 aliphatic heterocycles. The van der Waals surface area contributed by atoms with Gasteiger partial charge in [-0.3, -0.25) is 9.59 Å². The van der Waals surface area contributed by atoms with Crippen molar-refractivity contribution in [3.63, 3.8) is 0 Å². The minimum atomic E-state index is -0.929. The molecular formula is C24H28BrN3O3. The van der Waals surface area contributed by atoms with E-state index in [1.54, 1.807) is 13.8 Å². The van der Waals surface area contributed by atoms with Gasteiger partial charge in [0.1, 0.15) is 0 Å². The number of hydrogen-bond donors (Lipinski definition) is 3.